The van der Waals surface area contributed by atoms with Crippen molar-refractivity contribution in [2.45, 2.75) is 13.3 Å². The third-order valence-corrected chi connectivity index (χ3v) is 2.13. The smallest absolute Gasteiger partial charge is 0.142 e. The standard InChI is InChI=1S/C10H13NO.CH3NO/c1-2-8-3-4-9-10(7-8)12-6-5-11-9;1-2-3/h3-4,7,11H,2,5-6H2,1H3;1H3. The predicted octanol–water partition coefficient (Wildman–Crippen LogP) is 2.44. The van der Waals surface area contributed by atoms with E-state index >= 15 is 0 Å². The summed E-state index contributed by atoms with van der Waals surface area (Å²) in [6.45, 7) is 3.84. The molecule has 0 aromatic heterocycles. The lowest BCUT2D eigenvalue weighted by atomic mass is 10.1. The number of hydrogen-bond acceptors (Lipinski definition) is 4. The quantitative estimate of drug-likeness (QED) is 0.721. The first kappa shape index (κ1) is 11.5. The molecule has 4 nitrogen and oxygen atoms in total. The summed E-state index contributed by atoms with van der Waals surface area (Å²) >= 11 is 0. The maximum Gasteiger partial charge on any atom is 0.142 e. The Bertz CT molecular complexity index is 326. The fourth-order valence-corrected chi connectivity index (χ4v) is 1.40. The molecule has 1 heterocycles. The van der Waals surface area contributed by atoms with Gasteiger partial charge in [0.05, 0.1) is 12.7 Å². The highest BCUT2D eigenvalue weighted by atomic mass is 16.5. The van der Waals surface area contributed by atoms with Crippen molar-refractivity contribution >= 4 is 5.69 Å². The topological polar surface area (TPSA) is 50.7 Å². The third-order valence-electron chi connectivity index (χ3n) is 2.13. The number of nitrogens with zero attached hydrogens (tertiary/aromatic N) is 1. The largest absolute Gasteiger partial charge is 0.490 e. The molecule has 0 saturated heterocycles. The van der Waals surface area contributed by atoms with Crippen LogP contribution in [0.2, 0.25) is 0 Å². The van der Waals surface area contributed by atoms with E-state index in [2.05, 4.69) is 35.6 Å². The van der Waals surface area contributed by atoms with E-state index in [1.165, 1.54) is 12.6 Å². The van der Waals surface area contributed by atoms with Crippen LogP contribution in [0.3, 0.4) is 0 Å². The Balaban J connectivity index is 0.000000337. The summed E-state index contributed by atoms with van der Waals surface area (Å²) in [6.07, 6.45) is 1.07. The van der Waals surface area contributed by atoms with Crippen molar-refractivity contribution in [3.63, 3.8) is 0 Å². The predicted molar refractivity (Wildman–Crippen MR) is 61.5 cm³/mol. The average molecular weight is 208 g/mol. The number of fused-ring (bicyclic) bond motifs is 1. The van der Waals surface area contributed by atoms with Crippen LogP contribution in [0.4, 0.5) is 5.69 Å². The first-order valence-electron chi connectivity index (χ1n) is 5.02. The molecular formula is C11H16N2O2. The molecule has 0 aliphatic carbocycles. The number of nitrogens with one attached hydrogen (secondary N) is 1. The molecule has 0 fully saturated rings. The highest BCUT2D eigenvalue weighted by molar-refractivity contribution is 5.58. The second-order valence-corrected chi connectivity index (χ2v) is 3.14. The van der Waals surface area contributed by atoms with Crippen LogP contribution in [0.15, 0.2) is 23.4 Å². The van der Waals surface area contributed by atoms with Crippen molar-refractivity contribution in [3.8, 4) is 5.75 Å². The molecule has 0 saturated carbocycles. The minimum atomic E-state index is 0.778. The second kappa shape index (κ2) is 6.01. The summed E-state index contributed by atoms with van der Waals surface area (Å²) in [5.74, 6) is 1.00. The molecule has 0 spiro atoms. The number of hydrogen-bond donors (Lipinski definition) is 1. The van der Waals surface area contributed by atoms with Gasteiger partial charge in [0.2, 0.25) is 0 Å². The van der Waals surface area contributed by atoms with Gasteiger partial charge in [-0.2, -0.15) is 4.91 Å². The normalized spacial score (nSPS) is 12.4. The van der Waals surface area contributed by atoms with Crippen LogP contribution in [0.25, 0.3) is 0 Å². The summed E-state index contributed by atoms with van der Waals surface area (Å²) in [7, 11) is 1.19. The molecule has 1 aromatic rings. The molecule has 0 bridgehead atoms. The molecule has 0 atom stereocenters. The Morgan fingerprint density at radius 3 is 2.93 bits per heavy atom. The molecule has 15 heavy (non-hydrogen) atoms. The minimum Gasteiger partial charge on any atom is -0.490 e. The van der Waals surface area contributed by atoms with Gasteiger partial charge in [0.1, 0.15) is 12.4 Å². The summed E-state index contributed by atoms with van der Waals surface area (Å²) in [6, 6.07) is 6.34. The zero-order chi connectivity index (χ0) is 11.1. The van der Waals surface area contributed by atoms with Crippen molar-refractivity contribution in [2.24, 2.45) is 5.18 Å². The van der Waals surface area contributed by atoms with Gasteiger partial charge >= 0.3 is 0 Å². The van der Waals surface area contributed by atoms with Crippen molar-refractivity contribution in [3.05, 3.63) is 28.7 Å². The number of aryl methyl sites for hydroxylation is 1. The van der Waals surface area contributed by atoms with Crippen molar-refractivity contribution in [1.82, 2.24) is 0 Å². The average Bonchev–Trinajstić information content (AvgIpc) is 2.29. The van der Waals surface area contributed by atoms with E-state index in [0.29, 0.717) is 0 Å². The Kier molecular flexibility index (Phi) is 4.60. The molecule has 0 amide bonds. The maximum atomic E-state index is 8.56. The van der Waals surface area contributed by atoms with Crippen LogP contribution in [0, 0.1) is 4.91 Å². The Morgan fingerprint density at radius 1 is 1.53 bits per heavy atom. The molecule has 0 radical (unpaired) electrons. The number of anilines is 1. The second-order valence-electron chi connectivity index (χ2n) is 3.14. The van der Waals surface area contributed by atoms with Crippen LogP contribution >= 0.6 is 0 Å². The zero-order valence-electron chi connectivity index (χ0n) is 9.12. The van der Waals surface area contributed by atoms with E-state index in [9.17, 15) is 0 Å². The van der Waals surface area contributed by atoms with Crippen molar-refractivity contribution in [2.75, 3.05) is 25.5 Å². The fraction of sp³-hybridized carbons (Fsp3) is 0.455. The van der Waals surface area contributed by atoms with Gasteiger partial charge in [-0.25, -0.2) is 0 Å². The number of rotatable bonds is 1. The van der Waals surface area contributed by atoms with E-state index in [4.69, 9.17) is 9.64 Å². The Morgan fingerprint density at radius 2 is 2.27 bits per heavy atom. The van der Waals surface area contributed by atoms with E-state index in [0.717, 1.165) is 31.0 Å². The first-order valence-corrected chi connectivity index (χ1v) is 5.02. The molecule has 2 rings (SSSR count). The monoisotopic (exact) mass is 208 g/mol. The van der Waals surface area contributed by atoms with E-state index in [-0.39, 0.29) is 0 Å². The summed E-state index contributed by atoms with van der Waals surface area (Å²) in [5, 5.41) is 5.54. The van der Waals surface area contributed by atoms with Crippen LogP contribution in [-0.2, 0) is 6.42 Å². The SMILES string of the molecule is CCc1ccc2c(c1)OCCN2.CN=O. The van der Waals surface area contributed by atoms with Gasteiger partial charge in [-0.3, -0.25) is 0 Å². The lowest BCUT2D eigenvalue weighted by Crippen LogP contribution is -2.17. The van der Waals surface area contributed by atoms with Gasteiger partial charge in [0.25, 0.3) is 0 Å². The number of benzene rings is 1. The zero-order valence-corrected chi connectivity index (χ0v) is 9.12. The minimum absolute atomic E-state index is 0.778. The van der Waals surface area contributed by atoms with E-state index in [1.807, 2.05) is 0 Å². The molecule has 1 N–H and O–H groups in total. The fourth-order valence-electron chi connectivity index (χ4n) is 1.40. The van der Waals surface area contributed by atoms with E-state index < -0.39 is 0 Å². The van der Waals surface area contributed by atoms with Gasteiger partial charge in [-0.05, 0) is 24.1 Å². The molecule has 1 aliphatic heterocycles. The highest BCUT2D eigenvalue weighted by Crippen LogP contribution is 2.27. The van der Waals surface area contributed by atoms with Crippen LogP contribution in [0.1, 0.15) is 12.5 Å². The van der Waals surface area contributed by atoms with Crippen LogP contribution in [0.5, 0.6) is 5.75 Å². The van der Waals surface area contributed by atoms with Crippen molar-refractivity contribution < 1.29 is 4.74 Å². The van der Waals surface area contributed by atoms with Crippen molar-refractivity contribution in [1.29, 1.82) is 0 Å². The van der Waals surface area contributed by atoms with Gasteiger partial charge < -0.3 is 10.1 Å². The number of nitroso groups, excluding NO2 is 1. The summed E-state index contributed by atoms with van der Waals surface area (Å²) in [5.41, 5.74) is 2.45. The molecule has 1 aromatic carbocycles. The lowest BCUT2D eigenvalue weighted by molar-refractivity contribution is 0.323. The first-order chi connectivity index (χ1) is 7.31. The summed E-state index contributed by atoms with van der Waals surface area (Å²) < 4.78 is 5.50. The van der Waals surface area contributed by atoms with Gasteiger partial charge in [0, 0.05) is 6.54 Å². The maximum absolute atomic E-state index is 8.56. The van der Waals surface area contributed by atoms with E-state index in [1.54, 1.807) is 0 Å². The molecule has 82 valence electrons. The van der Waals surface area contributed by atoms with Gasteiger partial charge in [-0.1, -0.05) is 18.2 Å². The lowest BCUT2D eigenvalue weighted by Gasteiger charge is -2.19. The molecule has 4 heteroatoms. The van der Waals surface area contributed by atoms with Crippen LogP contribution in [-0.4, -0.2) is 20.2 Å². The Labute approximate surface area is 89.6 Å². The van der Waals surface area contributed by atoms with Crippen LogP contribution < -0.4 is 10.1 Å². The molecular weight excluding hydrogens is 192 g/mol. The molecule has 1 aliphatic rings. The highest BCUT2D eigenvalue weighted by Gasteiger charge is 2.08. The van der Waals surface area contributed by atoms with Gasteiger partial charge in [0.15, 0.2) is 0 Å². The number of ether oxygens (including phenoxy) is 1. The van der Waals surface area contributed by atoms with Gasteiger partial charge in [-0.15, -0.1) is 0 Å². The third kappa shape index (κ3) is 3.23. The summed E-state index contributed by atoms with van der Waals surface area (Å²) in [4.78, 5) is 8.56. The Hall–Kier alpha value is -1.58. The molecule has 0 unspecified atom stereocenters.